The fourth-order valence-corrected chi connectivity index (χ4v) is 3.16. The highest BCUT2D eigenvalue weighted by atomic mass is 35.5. The van der Waals surface area contributed by atoms with Gasteiger partial charge in [-0.05, 0) is 59.7 Å². The van der Waals surface area contributed by atoms with E-state index in [1.807, 2.05) is 0 Å². The van der Waals surface area contributed by atoms with Gasteiger partial charge in [-0.2, -0.15) is 5.10 Å². The van der Waals surface area contributed by atoms with Crippen LogP contribution in [-0.4, -0.2) is 19.2 Å². The highest BCUT2D eigenvalue weighted by Gasteiger charge is 2.12. The second-order valence-electron chi connectivity index (χ2n) is 6.28. The molecule has 0 aliphatic heterocycles. The first-order valence-corrected chi connectivity index (χ1v) is 10.0. The lowest BCUT2D eigenvalue weighted by atomic mass is 10.2. The largest absolute Gasteiger partial charge is 0.493 e. The Morgan fingerprint density at radius 2 is 1.77 bits per heavy atom. The molecule has 0 radical (unpaired) electrons. The number of ether oxygens (including phenoxy) is 2. The van der Waals surface area contributed by atoms with Crippen LogP contribution in [0.25, 0.3) is 0 Å². The number of nitrogens with one attached hydrogen (secondary N) is 1. The Hall–Kier alpha value is -2.80. The van der Waals surface area contributed by atoms with Crippen molar-refractivity contribution in [2.45, 2.75) is 6.61 Å². The van der Waals surface area contributed by atoms with Crippen molar-refractivity contribution < 1.29 is 18.7 Å². The van der Waals surface area contributed by atoms with Crippen LogP contribution in [0, 0.1) is 5.82 Å². The quantitative estimate of drug-likeness (QED) is 0.326. The Labute approximate surface area is 193 Å². The van der Waals surface area contributed by atoms with Gasteiger partial charge in [-0.1, -0.05) is 40.9 Å². The van der Waals surface area contributed by atoms with Crippen LogP contribution in [0.5, 0.6) is 11.5 Å². The SMILES string of the molecule is COc1cc(/C=N\NC(=O)c2ccc(F)cc2)cc(Cl)c1OCc1ccc(Cl)c(Cl)c1. The standard InChI is InChI=1S/C22H16Cl3FN2O3/c1-30-20-10-14(11-27-28-22(29)15-3-5-16(26)6-4-15)9-19(25)21(20)31-12-13-2-7-17(23)18(24)8-13/h2-11H,12H2,1H3,(H,28,29)/b27-11-. The summed E-state index contributed by atoms with van der Waals surface area (Å²) in [6.45, 7) is 0.203. The summed E-state index contributed by atoms with van der Waals surface area (Å²) in [4.78, 5) is 12.0. The van der Waals surface area contributed by atoms with Crippen molar-refractivity contribution in [3.8, 4) is 11.5 Å². The molecule has 1 N–H and O–H groups in total. The summed E-state index contributed by atoms with van der Waals surface area (Å²) in [6.07, 6.45) is 1.40. The Kier molecular flexibility index (Phi) is 7.74. The zero-order valence-corrected chi connectivity index (χ0v) is 18.4. The van der Waals surface area contributed by atoms with E-state index in [-0.39, 0.29) is 12.2 Å². The molecule has 3 aromatic rings. The first-order valence-electron chi connectivity index (χ1n) is 8.90. The average molecular weight is 482 g/mol. The number of carbonyl (C=O) groups is 1. The number of nitrogens with zero attached hydrogens (tertiary/aromatic N) is 1. The Morgan fingerprint density at radius 1 is 1.03 bits per heavy atom. The van der Waals surface area contributed by atoms with E-state index >= 15 is 0 Å². The minimum atomic E-state index is -0.476. The molecule has 3 aromatic carbocycles. The van der Waals surface area contributed by atoms with Gasteiger partial charge in [0.05, 0.1) is 28.4 Å². The molecule has 0 saturated carbocycles. The Bertz CT molecular complexity index is 1120. The molecule has 5 nitrogen and oxygen atoms in total. The van der Waals surface area contributed by atoms with Gasteiger partial charge in [0.25, 0.3) is 5.91 Å². The molecule has 0 heterocycles. The molecule has 0 aliphatic rings. The smallest absolute Gasteiger partial charge is 0.271 e. The number of methoxy groups -OCH3 is 1. The van der Waals surface area contributed by atoms with Crippen molar-refractivity contribution in [2.75, 3.05) is 7.11 Å². The van der Waals surface area contributed by atoms with Gasteiger partial charge in [0.15, 0.2) is 11.5 Å². The number of hydrogen-bond acceptors (Lipinski definition) is 4. The molecule has 0 fully saturated rings. The summed E-state index contributed by atoms with van der Waals surface area (Å²) in [5, 5.41) is 5.08. The van der Waals surface area contributed by atoms with Crippen molar-refractivity contribution in [1.29, 1.82) is 0 Å². The molecule has 31 heavy (non-hydrogen) atoms. The van der Waals surface area contributed by atoms with Crippen LogP contribution >= 0.6 is 34.8 Å². The molecule has 0 spiro atoms. The third-order valence-corrected chi connectivity index (χ3v) is 5.12. The number of benzene rings is 3. The van der Waals surface area contributed by atoms with E-state index in [9.17, 15) is 9.18 Å². The lowest BCUT2D eigenvalue weighted by Crippen LogP contribution is -2.17. The van der Waals surface area contributed by atoms with Crippen LogP contribution in [0.1, 0.15) is 21.5 Å². The lowest BCUT2D eigenvalue weighted by molar-refractivity contribution is 0.0955. The molecular weight excluding hydrogens is 466 g/mol. The number of amides is 1. The predicted octanol–water partition coefficient (Wildman–Crippen LogP) is 6.14. The monoisotopic (exact) mass is 480 g/mol. The molecule has 0 atom stereocenters. The molecule has 0 aromatic heterocycles. The van der Waals surface area contributed by atoms with Crippen molar-refractivity contribution >= 4 is 46.9 Å². The maximum atomic E-state index is 12.9. The maximum Gasteiger partial charge on any atom is 0.271 e. The highest BCUT2D eigenvalue weighted by Crippen LogP contribution is 2.37. The van der Waals surface area contributed by atoms with Crippen LogP contribution in [0.15, 0.2) is 59.7 Å². The summed E-state index contributed by atoms with van der Waals surface area (Å²) < 4.78 is 24.1. The van der Waals surface area contributed by atoms with Crippen LogP contribution < -0.4 is 14.9 Å². The van der Waals surface area contributed by atoms with Crippen LogP contribution in [-0.2, 0) is 6.61 Å². The molecule has 1 amide bonds. The van der Waals surface area contributed by atoms with E-state index in [4.69, 9.17) is 44.3 Å². The molecule has 9 heteroatoms. The first-order chi connectivity index (χ1) is 14.9. The van der Waals surface area contributed by atoms with E-state index in [1.165, 1.54) is 37.6 Å². The summed E-state index contributed by atoms with van der Waals surface area (Å²) in [6, 6.07) is 13.6. The minimum absolute atomic E-state index is 0.203. The zero-order valence-electron chi connectivity index (χ0n) is 16.2. The Balaban J connectivity index is 1.69. The van der Waals surface area contributed by atoms with Gasteiger partial charge in [0.2, 0.25) is 0 Å². The number of hydrogen-bond donors (Lipinski definition) is 1. The number of halogens is 4. The van der Waals surface area contributed by atoms with Gasteiger partial charge < -0.3 is 9.47 Å². The van der Waals surface area contributed by atoms with Crippen molar-refractivity contribution in [2.24, 2.45) is 5.10 Å². The van der Waals surface area contributed by atoms with Gasteiger partial charge >= 0.3 is 0 Å². The highest BCUT2D eigenvalue weighted by molar-refractivity contribution is 6.42. The van der Waals surface area contributed by atoms with Gasteiger partial charge in [-0.15, -0.1) is 0 Å². The van der Waals surface area contributed by atoms with Gasteiger partial charge in [-0.25, -0.2) is 9.82 Å². The van der Waals surface area contributed by atoms with Crippen molar-refractivity contribution in [3.05, 3.63) is 92.2 Å². The first kappa shape index (κ1) is 22.9. The van der Waals surface area contributed by atoms with Gasteiger partial charge in [0.1, 0.15) is 12.4 Å². The van der Waals surface area contributed by atoms with E-state index in [0.29, 0.717) is 32.1 Å². The van der Waals surface area contributed by atoms with E-state index in [0.717, 1.165) is 5.56 Å². The third kappa shape index (κ3) is 6.10. The molecule has 160 valence electrons. The van der Waals surface area contributed by atoms with E-state index < -0.39 is 11.7 Å². The number of carbonyl (C=O) groups excluding carboxylic acids is 1. The molecule has 0 bridgehead atoms. The topological polar surface area (TPSA) is 59.9 Å². The zero-order chi connectivity index (χ0) is 22.4. The molecule has 3 rings (SSSR count). The Morgan fingerprint density at radius 3 is 2.45 bits per heavy atom. The normalized spacial score (nSPS) is 10.9. The molecule has 0 unspecified atom stereocenters. The van der Waals surface area contributed by atoms with Gasteiger partial charge in [-0.3, -0.25) is 4.79 Å². The van der Waals surface area contributed by atoms with Crippen molar-refractivity contribution in [1.82, 2.24) is 5.43 Å². The lowest BCUT2D eigenvalue weighted by Gasteiger charge is -2.13. The second-order valence-corrected chi connectivity index (χ2v) is 7.50. The van der Waals surface area contributed by atoms with Crippen molar-refractivity contribution in [3.63, 3.8) is 0 Å². The van der Waals surface area contributed by atoms with Crippen LogP contribution in [0.3, 0.4) is 0 Å². The maximum absolute atomic E-state index is 12.9. The summed E-state index contributed by atoms with van der Waals surface area (Å²) in [5.74, 6) is -0.166. The molecule has 0 saturated heterocycles. The van der Waals surface area contributed by atoms with E-state index in [1.54, 1.807) is 30.3 Å². The summed E-state index contributed by atoms with van der Waals surface area (Å²) in [7, 11) is 1.48. The average Bonchev–Trinajstić information content (AvgIpc) is 2.75. The predicted molar refractivity (Wildman–Crippen MR) is 120 cm³/mol. The second kappa shape index (κ2) is 10.5. The van der Waals surface area contributed by atoms with Gasteiger partial charge in [0, 0.05) is 5.56 Å². The fourth-order valence-electron chi connectivity index (χ4n) is 2.57. The van der Waals surface area contributed by atoms with Crippen LogP contribution in [0.4, 0.5) is 4.39 Å². The summed E-state index contributed by atoms with van der Waals surface area (Å²) >= 11 is 18.3. The van der Waals surface area contributed by atoms with Crippen LogP contribution in [0.2, 0.25) is 15.1 Å². The minimum Gasteiger partial charge on any atom is -0.493 e. The third-order valence-electron chi connectivity index (χ3n) is 4.11. The molecule has 0 aliphatic carbocycles. The number of rotatable bonds is 7. The van der Waals surface area contributed by atoms with E-state index in [2.05, 4.69) is 10.5 Å². The number of hydrazone groups is 1. The molecular formula is C22H16Cl3FN2O3. The summed E-state index contributed by atoms with van der Waals surface area (Å²) in [5.41, 5.74) is 4.02. The fraction of sp³-hybridized carbons (Fsp3) is 0.0909.